The third kappa shape index (κ3) is 2.47. The molecule has 1 aromatic rings. The lowest BCUT2D eigenvalue weighted by Gasteiger charge is -2.08. The average molecular weight is 376 g/mol. The van der Waals surface area contributed by atoms with Crippen molar-refractivity contribution >= 4 is 44.8 Å². The van der Waals surface area contributed by atoms with Crippen LogP contribution in [-0.2, 0) is 5.33 Å². The molecule has 0 aliphatic heterocycles. The number of alkyl halides is 3. The molecule has 1 rings (SSSR count). The molecule has 0 aromatic carbocycles. The number of carbonyl (C=O) groups is 1. The van der Waals surface area contributed by atoms with Crippen molar-refractivity contribution in [2.45, 2.75) is 11.8 Å². The predicted octanol–water partition coefficient (Wildman–Crippen LogP) is 3.33. The van der Waals surface area contributed by atoms with Gasteiger partial charge in [0.05, 0.1) is 11.3 Å². The van der Waals surface area contributed by atoms with Crippen molar-refractivity contribution in [1.29, 1.82) is 0 Å². The van der Waals surface area contributed by atoms with Crippen LogP contribution < -0.4 is 0 Å². The van der Waals surface area contributed by atoms with Gasteiger partial charge in [0, 0.05) is 8.90 Å². The van der Waals surface area contributed by atoms with Crippen LogP contribution in [0.25, 0.3) is 0 Å². The molecular weight excluding hydrogens is 371 g/mol. The van der Waals surface area contributed by atoms with Gasteiger partial charge in [-0.2, -0.15) is 0 Å². The van der Waals surface area contributed by atoms with E-state index in [9.17, 15) is 13.6 Å². The largest absolute Gasteiger partial charge is 0.296 e. The third-order valence-electron chi connectivity index (χ3n) is 1.57. The summed E-state index contributed by atoms with van der Waals surface area (Å²) in [6, 6.07) is 1.35. The van der Waals surface area contributed by atoms with Crippen LogP contribution in [0.2, 0.25) is 0 Å². The van der Waals surface area contributed by atoms with Gasteiger partial charge in [-0.15, -0.1) is 0 Å². The lowest BCUT2D eigenvalue weighted by molar-refractivity contribution is 0.111. The summed E-state index contributed by atoms with van der Waals surface area (Å²) in [4.78, 5) is 14.2. The summed E-state index contributed by atoms with van der Waals surface area (Å²) < 4.78 is 25.5. The minimum atomic E-state index is -2.57. The number of hydrogen-bond donors (Lipinski definition) is 0. The standard InChI is InChI=1S/C8H5BrF2INO/c9-2-6-7(8(10)11)5(12)1-4(3-14)13-6/h1,3,8H,2H2. The van der Waals surface area contributed by atoms with Gasteiger partial charge in [-0.05, 0) is 28.7 Å². The minimum absolute atomic E-state index is 0.104. The fourth-order valence-electron chi connectivity index (χ4n) is 0.986. The van der Waals surface area contributed by atoms with Crippen molar-refractivity contribution < 1.29 is 13.6 Å². The summed E-state index contributed by atoms with van der Waals surface area (Å²) in [5.41, 5.74) is 0.287. The second kappa shape index (κ2) is 5.11. The van der Waals surface area contributed by atoms with Crippen LogP contribution in [0.15, 0.2) is 6.07 Å². The topological polar surface area (TPSA) is 30.0 Å². The lowest BCUT2D eigenvalue weighted by Crippen LogP contribution is -2.02. The minimum Gasteiger partial charge on any atom is -0.296 e. The van der Waals surface area contributed by atoms with Crippen LogP contribution in [-0.4, -0.2) is 11.3 Å². The van der Waals surface area contributed by atoms with Crippen molar-refractivity contribution in [2.75, 3.05) is 0 Å². The molecule has 1 heterocycles. The molecular formula is C8H5BrF2INO. The molecule has 0 bridgehead atoms. The molecule has 0 aliphatic carbocycles. The van der Waals surface area contributed by atoms with Crippen LogP contribution in [0.5, 0.6) is 0 Å². The Balaban J connectivity index is 3.34. The van der Waals surface area contributed by atoms with Crippen LogP contribution in [0.3, 0.4) is 0 Å². The summed E-state index contributed by atoms with van der Waals surface area (Å²) in [6.45, 7) is 0. The summed E-state index contributed by atoms with van der Waals surface area (Å²) in [6.07, 6.45) is -2.02. The predicted molar refractivity (Wildman–Crippen MR) is 59.9 cm³/mol. The van der Waals surface area contributed by atoms with E-state index in [1.807, 2.05) is 0 Å². The highest BCUT2D eigenvalue weighted by Gasteiger charge is 2.18. The zero-order chi connectivity index (χ0) is 10.7. The molecule has 0 aliphatic rings. The van der Waals surface area contributed by atoms with Gasteiger partial charge in [-0.3, -0.25) is 4.79 Å². The molecule has 1 aromatic heterocycles. The monoisotopic (exact) mass is 375 g/mol. The van der Waals surface area contributed by atoms with E-state index in [0.717, 1.165) is 0 Å². The van der Waals surface area contributed by atoms with E-state index in [-0.39, 0.29) is 22.3 Å². The Morgan fingerprint density at radius 2 is 2.29 bits per heavy atom. The van der Waals surface area contributed by atoms with E-state index < -0.39 is 6.43 Å². The van der Waals surface area contributed by atoms with Gasteiger partial charge < -0.3 is 0 Å². The maximum Gasteiger partial charge on any atom is 0.266 e. The van der Waals surface area contributed by atoms with Crippen LogP contribution in [0, 0.1) is 3.57 Å². The van der Waals surface area contributed by atoms with Crippen LogP contribution in [0.4, 0.5) is 8.78 Å². The second-order valence-electron chi connectivity index (χ2n) is 2.44. The van der Waals surface area contributed by atoms with Crippen molar-refractivity contribution in [2.24, 2.45) is 0 Å². The molecule has 76 valence electrons. The van der Waals surface area contributed by atoms with E-state index in [4.69, 9.17) is 0 Å². The molecule has 6 heteroatoms. The SMILES string of the molecule is O=Cc1cc(I)c(C(F)F)c(CBr)n1. The summed E-state index contributed by atoms with van der Waals surface area (Å²) >= 11 is 4.83. The zero-order valence-electron chi connectivity index (χ0n) is 6.81. The smallest absolute Gasteiger partial charge is 0.266 e. The van der Waals surface area contributed by atoms with Crippen molar-refractivity contribution in [3.63, 3.8) is 0 Å². The molecule has 0 saturated carbocycles. The number of hydrogen-bond acceptors (Lipinski definition) is 2. The third-order valence-corrected chi connectivity index (χ3v) is 3.00. The van der Waals surface area contributed by atoms with Crippen LogP contribution >= 0.6 is 38.5 Å². The Labute approximate surface area is 101 Å². The maximum absolute atomic E-state index is 12.6. The first-order valence-electron chi connectivity index (χ1n) is 3.58. The Morgan fingerprint density at radius 3 is 2.71 bits per heavy atom. The highest BCUT2D eigenvalue weighted by molar-refractivity contribution is 14.1. The fraction of sp³-hybridized carbons (Fsp3) is 0.250. The van der Waals surface area contributed by atoms with E-state index in [0.29, 0.717) is 9.86 Å². The van der Waals surface area contributed by atoms with Gasteiger partial charge in [0.1, 0.15) is 5.69 Å². The summed E-state index contributed by atoms with van der Waals surface area (Å²) in [5, 5.41) is 0.213. The first kappa shape index (κ1) is 12.0. The number of pyridine rings is 1. The molecule has 0 saturated heterocycles. The first-order chi connectivity index (χ1) is 6.60. The van der Waals surface area contributed by atoms with Gasteiger partial charge >= 0.3 is 0 Å². The van der Waals surface area contributed by atoms with Gasteiger partial charge in [-0.25, -0.2) is 13.8 Å². The van der Waals surface area contributed by atoms with Crippen molar-refractivity contribution in [3.8, 4) is 0 Å². The number of carbonyl (C=O) groups excluding carboxylic acids is 1. The Morgan fingerprint density at radius 1 is 1.64 bits per heavy atom. The van der Waals surface area contributed by atoms with Crippen LogP contribution in [0.1, 0.15) is 28.2 Å². The Hall–Kier alpha value is -0.110. The van der Waals surface area contributed by atoms with Gasteiger partial charge in [-0.1, -0.05) is 15.9 Å². The van der Waals surface area contributed by atoms with Gasteiger partial charge in [0.15, 0.2) is 6.29 Å². The summed E-state index contributed by atoms with van der Waals surface area (Å²) in [7, 11) is 0. The first-order valence-corrected chi connectivity index (χ1v) is 5.78. The number of aromatic nitrogens is 1. The highest BCUT2D eigenvalue weighted by atomic mass is 127. The number of nitrogens with zero attached hydrogens (tertiary/aromatic N) is 1. The normalized spacial score (nSPS) is 10.6. The van der Waals surface area contributed by atoms with E-state index >= 15 is 0 Å². The molecule has 2 nitrogen and oxygen atoms in total. The number of aldehydes is 1. The second-order valence-corrected chi connectivity index (χ2v) is 4.16. The molecule has 0 atom stereocenters. The highest BCUT2D eigenvalue weighted by Crippen LogP contribution is 2.28. The Bertz CT molecular complexity index is 359. The number of rotatable bonds is 3. The van der Waals surface area contributed by atoms with E-state index in [1.54, 1.807) is 22.6 Å². The van der Waals surface area contributed by atoms with E-state index in [2.05, 4.69) is 20.9 Å². The maximum atomic E-state index is 12.6. The van der Waals surface area contributed by atoms with Gasteiger partial charge in [0.2, 0.25) is 0 Å². The van der Waals surface area contributed by atoms with Crippen molar-refractivity contribution in [3.05, 3.63) is 26.6 Å². The fourth-order valence-corrected chi connectivity index (χ4v) is 2.28. The average Bonchev–Trinajstić information content (AvgIpc) is 2.15. The quantitative estimate of drug-likeness (QED) is 0.461. The lowest BCUT2D eigenvalue weighted by atomic mass is 10.2. The molecule has 0 radical (unpaired) electrons. The zero-order valence-corrected chi connectivity index (χ0v) is 10.5. The van der Waals surface area contributed by atoms with Crippen molar-refractivity contribution in [1.82, 2.24) is 4.98 Å². The molecule has 0 N–H and O–H groups in total. The number of halogens is 4. The Kier molecular flexibility index (Phi) is 4.36. The molecule has 0 unspecified atom stereocenters. The molecule has 0 fully saturated rings. The van der Waals surface area contributed by atoms with E-state index in [1.165, 1.54) is 6.07 Å². The molecule has 0 spiro atoms. The summed E-state index contributed by atoms with van der Waals surface area (Å²) in [5.74, 6) is 0. The van der Waals surface area contributed by atoms with Gasteiger partial charge in [0.25, 0.3) is 6.43 Å². The molecule has 14 heavy (non-hydrogen) atoms. The molecule has 0 amide bonds.